The number of ketones is 2. The van der Waals surface area contributed by atoms with Crippen molar-refractivity contribution in [2.24, 2.45) is 34.5 Å². The molecule has 0 aliphatic heterocycles. The predicted octanol–water partition coefficient (Wildman–Crippen LogP) is 3.23. The minimum atomic E-state index is -0.562. The summed E-state index contributed by atoms with van der Waals surface area (Å²) in [6.45, 7) is 6.72. The molecule has 0 heterocycles. The van der Waals surface area contributed by atoms with Crippen molar-refractivity contribution in [3.8, 4) is 0 Å². The van der Waals surface area contributed by atoms with Crippen LogP contribution in [-0.4, -0.2) is 34.7 Å². The molecule has 0 radical (unpaired) electrons. The predicted molar refractivity (Wildman–Crippen MR) is 106 cm³/mol. The Bertz CT molecular complexity index is 702. The molecule has 1 N–H and O–H groups in total. The maximum Gasteiger partial charge on any atom is 0.310 e. The maximum absolute atomic E-state index is 13.0. The molecule has 0 aromatic heterocycles. The highest BCUT2D eigenvalue weighted by Crippen LogP contribution is 2.64. The fourth-order valence-electron chi connectivity index (χ4n) is 7.03. The van der Waals surface area contributed by atoms with Crippen LogP contribution in [0.4, 0.5) is 0 Å². The number of hydrogen-bond donors (Lipinski definition) is 1. The van der Waals surface area contributed by atoms with Crippen molar-refractivity contribution in [1.29, 1.82) is 0 Å². The molecular weight excluding hydrogens is 372 g/mol. The van der Waals surface area contributed by atoms with Crippen molar-refractivity contribution in [1.82, 2.24) is 0 Å². The standard InChI is InChI=1S/C19H28O3.C4H6O3/c1-18-8-7-12(20)9-11(18)3-4-13-14-5-6-16(22)19(14,2)10-15(21)17(13)18;1-3(5)7-4(2)6/h11-14,17,20H,3-10H2,1-2H3;1-2H3/t11?,12-,13?,14?,17?,18-,19-;/m0./s1. The third-order valence-corrected chi connectivity index (χ3v) is 8.32. The van der Waals surface area contributed by atoms with Crippen LogP contribution in [0.25, 0.3) is 0 Å². The van der Waals surface area contributed by atoms with Gasteiger partial charge >= 0.3 is 11.9 Å². The van der Waals surface area contributed by atoms with E-state index in [1.807, 2.05) is 0 Å². The van der Waals surface area contributed by atoms with Crippen LogP contribution >= 0.6 is 0 Å². The monoisotopic (exact) mass is 406 g/mol. The zero-order valence-corrected chi connectivity index (χ0v) is 18.0. The maximum atomic E-state index is 13.0. The van der Waals surface area contributed by atoms with E-state index in [1.54, 1.807) is 0 Å². The number of ether oxygens (including phenoxy) is 1. The SMILES string of the molecule is CC(=O)OC(C)=O.C[C@]12CC[C@H](O)CC1CCC1C2C(=O)C[C@]2(C)C(=O)CCC12. The number of carbonyl (C=O) groups excluding carboxylic acids is 4. The molecule has 29 heavy (non-hydrogen) atoms. The molecule has 4 aliphatic carbocycles. The molecule has 4 unspecified atom stereocenters. The van der Waals surface area contributed by atoms with Gasteiger partial charge in [-0.3, -0.25) is 19.2 Å². The Morgan fingerprint density at radius 3 is 2.28 bits per heavy atom. The molecule has 4 aliphatic rings. The number of Topliss-reactive ketones (excluding diaryl/α,β-unsaturated/α-hetero) is 2. The lowest BCUT2D eigenvalue weighted by Gasteiger charge is -2.58. The molecule has 0 spiro atoms. The van der Waals surface area contributed by atoms with E-state index >= 15 is 0 Å². The van der Waals surface area contributed by atoms with Gasteiger partial charge in [-0.15, -0.1) is 0 Å². The largest absolute Gasteiger partial charge is 0.394 e. The summed E-state index contributed by atoms with van der Waals surface area (Å²) in [6, 6.07) is 0. The second-order valence-corrected chi connectivity index (χ2v) is 10.1. The summed E-state index contributed by atoms with van der Waals surface area (Å²) in [4.78, 5) is 45.0. The van der Waals surface area contributed by atoms with Crippen LogP contribution in [0.5, 0.6) is 0 Å². The number of esters is 2. The Morgan fingerprint density at radius 2 is 1.69 bits per heavy atom. The second-order valence-electron chi connectivity index (χ2n) is 10.1. The Balaban J connectivity index is 0.000000298. The average Bonchev–Trinajstić information content (AvgIpc) is 2.89. The summed E-state index contributed by atoms with van der Waals surface area (Å²) in [5, 5.41) is 10.0. The van der Waals surface area contributed by atoms with Crippen molar-refractivity contribution in [2.45, 2.75) is 85.2 Å². The van der Waals surface area contributed by atoms with Crippen LogP contribution in [0.3, 0.4) is 0 Å². The molecule has 6 heteroatoms. The molecule has 0 bridgehead atoms. The first-order valence-corrected chi connectivity index (χ1v) is 10.9. The quantitative estimate of drug-likeness (QED) is 0.490. The van der Waals surface area contributed by atoms with E-state index in [0.29, 0.717) is 42.2 Å². The number of carbonyl (C=O) groups is 4. The molecule has 162 valence electrons. The summed E-state index contributed by atoms with van der Waals surface area (Å²) >= 11 is 0. The van der Waals surface area contributed by atoms with Crippen LogP contribution in [0.2, 0.25) is 0 Å². The molecule has 4 rings (SSSR count). The Hall–Kier alpha value is -1.56. The van der Waals surface area contributed by atoms with Crippen molar-refractivity contribution in [3.63, 3.8) is 0 Å². The first-order valence-electron chi connectivity index (χ1n) is 10.9. The minimum Gasteiger partial charge on any atom is -0.394 e. The van der Waals surface area contributed by atoms with E-state index in [9.17, 15) is 24.3 Å². The van der Waals surface area contributed by atoms with Crippen LogP contribution in [-0.2, 0) is 23.9 Å². The van der Waals surface area contributed by atoms with Gasteiger partial charge in [-0.25, -0.2) is 0 Å². The Morgan fingerprint density at radius 1 is 1.03 bits per heavy atom. The molecular formula is C23H34O6. The van der Waals surface area contributed by atoms with Gasteiger partial charge < -0.3 is 9.84 Å². The topological polar surface area (TPSA) is 97.7 Å². The van der Waals surface area contributed by atoms with Gasteiger partial charge in [0.2, 0.25) is 0 Å². The number of aliphatic hydroxyl groups is 1. The molecule has 0 aromatic rings. The van der Waals surface area contributed by atoms with Crippen molar-refractivity contribution >= 4 is 23.5 Å². The van der Waals surface area contributed by atoms with Gasteiger partial charge in [0, 0.05) is 38.0 Å². The van der Waals surface area contributed by atoms with Crippen molar-refractivity contribution in [2.75, 3.05) is 0 Å². The van der Waals surface area contributed by atoms with E-state index in [0.717, 1.165) is 38.5 Å². The second kappa shape index (κ2) is 7.93. The van der Waals surface area contributed by atoms with E-state index < -0.39 is 11.9 Å². The van der Waals surface area contributed by atoms with Crippen LogP contribution in [0, 0.1) is 34.5 Å². The first kappa shape index (κ1) is 22.1. The third kappa shape index (κ3) is 3.92. The molecule has 7 atom stereocenters. The Kier molecular flexibility index (Phi) is 6.06. The van der Waals surface area contributed by atoms with Gasteiger partial charge in [-0.1, -0.05) is 13.8 Å². The van der Waals surface area contributed by atoms with Gasteiger partial charge in [0.05, 0.1) is 6.10 Å². The number of rotatable bonds is 0. The van der Waals surface area contributed by atoms with Crippen LogP contribution in [0.1, 0.15) is 79.1 Å². The van der Waals surface area contributed by atoms with Gasteiger partial charge in [0.15, 0.2) is 0 Å². The molecule has 0 aromatic carbocycles. The van der Waals surface area contributed by atoms with Crippen molar-refractivity contribution in [3.05, 3.63) is 0 Å². The molecule has 6 nitrogen and oxygen atoms in total. The van der Waals surface area contributed by atoms with Gasteiger partial charge in [-0.05, 0) is 61.7 Å². The number of fused-ring (bicyclic) bond motifs is 5. The van der Waals surface area contributed by atoms with E-state index in [-0.39, 0.29) is 22.9 Å². The van der Waals surface area contributed by atoms with Gasteiger partial charge in [0.25, 0.3) is 0 Å². The summed E-state index contributed by atoms with van der Waals surface area (Å²) in [5.74, 6) is 1.02. The summed E-state index contributed by atoms with van der Waals surface area (Å²) in [5.41, 5.74) is -0.304. The van der Waals surface area contributed by atoms with E-state index in [4.69, 9.17) is 0 Å². The Labute approximate surface area is 172 Å². The molecule has 0 saturated heterocycles. The lowest BCUT2D eigenvalue weighted by atomic mass is 9.45. The fraction of sp³-hybridized carbons (Fsp3) is 0.826. The normalized spacial score (nSPS) is 43.3. The lowest BCUT2D eigenvalue weighted by Crippen LogP contribution is -2.57. The smallest absolute Gasteiger partial charge is 0.310 e. The van der Waals surface area contributed by atoms with Gasteiger partial charge in [-0.2, -0.15) is 0 Å². The zero-order chi connectivity index (χ0) is 21.6. The number of hydrogen-bond acceptors (Lipinski definition) is 6. The molecule has 0 amide bonds. The van der Waals surface area contributed by atoms with Crippen molar-refractivity contribution < 1.29 is 29.0 Å². The summed E-state index contributed by atoms with van der Waals surface area (Å²) in [7, 11) is 0. The fourth-order valence-corrected chi connectivity index (χ4v) is 7.03. The lowest BCUT2D eigenvalue weighted by molar-refractivity contribution is -0.162. The number of aliphatic hydroxyl groups excluding tert-OH is 1. The third-order valence-electron chi connectivity index (χ3n) is 8.32. The summed E-state index contributed by atoms with van der Waals surface area (Å²) < 4.78 is 3.97. The first-order chi connectivity index (χ1) is 13.5. The zero-order valence-electron chi connectivity index (χ0n) is 18.0. The molecule has 4 fully saturated rings. The molecule has 4 saturated carbocycles. The highest BCUT2D eigenvalue weighted by atomic mass is 16.6. The average molecular weight is 407 g/mol. The van der Waals surface area contributed by atoms with Crippen LogP contribution in [0.15, 0.2) is 0 Å². The van der Waals surface area contributed by atoms with Crippen LogP contribution < -0.4 is 0 Å². The van der Waals surface area contributed by atoms with E-state index in [1.165, 1.54) is 13.8 Å². The summed E-state index contributed by atoms with van der Waals surface area (Å²) in [6.07, 6.45) is 6.86. The van der Waals surface area contributed by atoms with Gasteiger partial charge in [0.1, 0.15) is 11.6 Å². The minimum absolute atomic E-state index is 0.0617. The highest BCUT2D eigenvalue weighted by molar-refractivity contribution is 5.95. The highest BCUT2D eigenvalue weighted by Gasteiger charge is 2.63. The van der Waals surface area contributed by atoms with E-state index in [2.05, 4.69) is 18.6 Å².